The van der Waals surface area contributed by atoms with Gasteiger partial charge in [-0.3, -0.25) is 0 Å². The highest BCUT2D eigenvalue weighted by Gasteiger charge is 2.28. The van der Waals surface area contributed by atoms with Crippen LogP contribution in [0.25, 0.3) is 0 Å². The Hall–Kier alpha value is -0.120. The Morgan fingerprint density at radius 3 is 2.71 bits per heavy atom. The lowest BCUT2D eigenvalue weighted by Gasteiger charge is -2.36. The van der Waals surface area contributed by atoms with E-state index >= 15 is 0 Å². The Labute approximate surface area is 106 Å². The molecule has 4 unspecified atom stereocenters. The number of nitrogens with zero attached hydrogens (tertiary/aromatic N) is 1. The van der Waals surface area contributed by atoms with E-state index in [4.69, 9.17) is 5.73 Å². The van der Waals surface area contributed by atoms with Gasteiger partial charge in [-0.15, -0.1) is 0 Å². The van der Waals surface area contributed by atoms with Crippen molar-refractivity contribution in [1.82, 2.24) is 4.90 Å². The molecule has 0 bridgehead atoms. The lowest BCUT2D eigenvalue weighted by molar-refractivity contribution is 0.112. The number of nitrogens with two attached hydrogens (primary N) is 1. The van der Waals surface area contributed by atoms with Crippen molar-refractivity contribution in [3.63, 3.8) is 0 Å². The predicted octanol–water partition coefficient (Wildman–Crippen LogP) is 1.84. The van der Waals surface area contributed by atoms with Gasteiger partial charge in [-0.25, -0.2) is 0 Å². The molecule has 0 radical (unpaired) electrons. The Morgan fingerprint density at radius 1 is 1.41 bits per heavy atom. The fraction of sp³-hybridized carbons (Fsp3) is 1.00. The highest BCUT2D eigenvalue weighted by molar-refractivity contribution is 4.84. The summed E-state index contributed by atoms with van der Waals surface area (Å²) < 4.78 is 0. The van der Waals surface area contributed by atoms with Crippen molar-refractivity contribution < 1.29 is 5.11 Å². The molecule has 3 heteroatoms. The quantitative estimate of drug-likeness (QED) is 0.747. The molecule has 1 saturated carbocycles. The van der Waals surface area contributed by atoms with Crippen LogP contribution >= 0.6 is 0 Å². The van der Waals surface area contributed by atoms with E-state index < -0.39 is 0 Å². The first-order valence-corrected chi connectivity index (χ1v) is 7.15. The van der Waals surface area contributed by atoms with Gasteiger partial charge >= 0.3 is 0 Å². The first-order chi connectivity index (χ1) is 8.02. The molecule has 1 aliphatic rings. The molecule has 0 aromatic rings. The average Bonchev–Trinajstić information content (AvgIpc) is 2.22. The number of aliphatic hydroxyl groups is 1. The fourth-order valence-electron chi connectivity index (χ4n) is 3.19. The Kier molecular flexibility index (Phi) is 6.45. The standard InChI is InChI=1S/C14H30N2O/c1-4-5-12-6-7-14(15)13(8-12)10-16(3)9-11(2)17/h11-14,17H,4-10,15H2,1-3H3. The maximum absolute atomic E-state index is 9.38. The number of hydrogen-bond donors (Lipinski definition) is 2. The SMILES string of the molecule is CCCC1CCC(N)C(CN(C)CC(C)O)C1. The molecule has 1 rings (SSSR count). The second kappa shape index (κ2) is 7.34. The van der Waals surface area contributed by atoms with Crippen LogP contribution in [-0.4, -0.2) is 42.3 Å². The summed E-state index contributed by atoms with van der Waals surface area (Å²) in [5.74, 6) is 1.49. The van der Waals surface area contributed by atoms with E-state index in [1.807, 2.05) is 6.92 Å². The van der Waals surface area contributed by atoms with Crippen molar-refractivity contribution in [2.24, 2.45) is 17.6 Å². The van der Waals surface area contributed by atoms with Gasteiger partial charge in [0.2, 0.25) is 0 Å². The maximum atomic E-state index is 9.38. The molecular formula is C14H30N2O. The van der Waals surface area contributed by atoms with Gasteiger partial charge in [0, 0.05) is 19.1 Å². The van der Waals surface area contributed by atoms with Gasteiger partial charge in [0.15, 0.2) is 0 Å². The van der Waals surface area contributed by atoms with E-state index in [1.165, 1.54) is 32.1 Å². The van der Waals surface area contributed by atoms with Crippen molar-refractivity contribution in [3.8, 4) is 0 Å². The molecule has 0 heterocycles. The van der Waals surface area contributed by atoms with Crippen LogP contribution < -0.4 is 5.73 Å². The third-order valence-corrected chi connectivity index (χ3v) is 3.97. The molecule has 0 aromatic heterocycles. The molecule has 17 heavy (non-hydrogen) atoms. The van der Waals surface area contributed by atoms with Crippen LogP contribution in [0.4, 0.5) is 0 Å². The summed E-state index contributed by atoms with van der Waals surface area (Å²) in [5, 5.41) is 9.38. The Bertz CT molecular complexity index is 208. The van der Waals surface area contributed by atoms with Crippen LogP contribution in [0.3, 0.4) is 0 Å². The highest BCUT2D eigenvalue weighted by Crippen LogP contribution is 2.31. The summed E-state index contributed by atoms with van der Waals surface area (Å²) >= 11 is 0. The fourth-order valence-corrected chi connectivity index (χ4v) is 3.19. The molecule has 3 nitrogen and oxygen atoms in total. The molecule has 0 spiro atoms. The summed E-state index contributed by atoms with van der Waals surface area (Å²) in [6, 6.07) is 0.361. The van der Waals surface area contributed by atoms with Gasteiger partial charge in [-0.1, -0.05) is 19.8 Å². The van der Waals surface area contributed by atoms with Crippen molar-refractivity contribution >= 4 is 0 Å². The zero-order valence-electron chi connectivity index (χ0n) is 11.7. The second-order valence-electron chi connectivity index (χ2n) is 5.96. The zero-order chi connectivity index (χ0) is 12.8. The van der Waals surface area contributed by atoms with Gasteiger partial charge in [0.25, 0.3) is 0 Å². The third kappa shape index (κ3) is 5.36. The molecule has 4 atom stereocenters. The maximum Gasteiger partial charge on any atom is 0.0638 e. The molecule has 0 amide bonds. The third-order valence-electron chi connectivity index (χ3n) is 3.97. The molecule has 0 saturated heterocycles. The molecule has 3 N–H and O–H groups in total. The number of likely N-dealkylation sites (N-methyl/N-ethyl adjacent to an activating group) is 1. The van der Waals surface area contributed by atoms with E-state index in [0.717, 1.165) is 19.0 Å². The molecular weight excluding hydrogens is 212 g/mol. The Morgan fingerprint density at radius 2 is 2.12 bits per heavy atom. The topological polar surface area (TPSA) is 49.5 Å². The smallest absolute Gasteiger partial charge is 0.0638 e. The van der Waals surface area contributed by atoms with Crippen molar-refractivity contribution in [1.29, 1.82) is 0 Å². The van der Waals surface area contributed by atoms with Crippen molar-refractivity contribution in [3.05, 3.63) is 0 Å². The zero-order valence-corrected chi connectivity index (χ0v) is 11.7. The summed E-state index contributed by atoms with van der Waals surface area (Å²) in [5.41, 5.74) is 6.23. The minimum Gasteiger partial charge on any atom is -0.392 e. The van der Waals surface area contributed by atoms with Gasteiger partial charge in [-0.05, 0) is 45.1 Å². The monoisotopic (exact) mass is 242 g/mol. The first-order valence-electron chi connectivity index (χ1n) is 7.15. The van der Waals surface area contributed by atoms with Crippen molar-refractivity contribution in [2.75, 3.05) is 20.1 Å². The van der Waals surface area contributed by atoms with E-state index in [0.29, 0.717) is 12.0 Å². The molecule has 102 valence electrons. The first kappa shape index (κ1) is 14.9. The van der Waals surface area contributed by atoms with E-state index in [9.17, 15) is 5.11 Å². The molecule has 0 aliphatic heterocycles. The highest BCUT2D eigenvalue weighted by atomic mass is 16.3. The van der Waals surface area contributed by atoms with Crippen LogP contribution in [0.5, 0.6) is 0 Å². The van der Waals surface area contributed by atoms with Gasteiger partial charge in [-0.2, -0.15) is 0 Å². The minimum absolute atomic E-state index is 0.244. The van der Waals surface area contributed by atoms with E-state index in [1.54, 1.807) is 0 Å². The number of rotatable bonds is 6. The molecule has 1 aliphatic carbocycles. The van der Waals surface area contributed by atoms with Crippen molar-refractivity contribution in [2.45, 2.75) is 58.1 Å². The largest absolute Gasteiger partial charge is 0.392 e. The van der Waals surface area contributed by atoms with Crippen LogP contribution in [0, 0.1) is 11.8 Å². The number of aliphatic hydroxyl groups excluding tert-OH is 1. The predicted molar refractivity (Wildman–Crippen MR) is 72.9 cm³/mol. The van der Waals surface area contributed by atoms with E-state index in [2.05, 4.69) is 18.9 Å². The molecule has 1 fully saturated rings. The Balaban J connectivity index is 2.38. The summed E-state index contributed by atoms with van der Waals surface area (Å²) in [6.07, 6.45) is 6.16. The van der Waals surface area contributed by atoms with Crippen LogP contribution in [0.15, 0.2) is 0 Å². The van der Waals surface area contributed by atoms with Gasteiger partial charge < -0.3 is 15.7 Å². The average molecular weight is 242 g/mol. The number of hydrogen-bond acceptors (Lipinski definition) is 3. The lowest BCUT2D eigenvalue weighted by atomic mass is 9.76. The van der Waals surface area contributed by atoms with Crippen LogP contribution in [0.2, 0.25) is 0 Å². The lowest BCUT2D eigenvalue weighted by Crippen LogP contribution is -2.43. The van der Waals surface area contributed by atoms with E-state index in [-0.39, 0.29) is 6.10 Å². The van der Waals surface area contributed by atoms with Gasteiger partial charge in [0.1, 0.15) is 0 Å². The normalized spacial score (nSPS) is 31.8. The van der Waals surface area contributed by atoms with Gasteiger partial charge in [0.05, 0.1) is 6.10 Å². The second-order valence-corrected chi connectivity index (χ2v) is 5.96. The summed E-state index contributed by atoms with van der Waals surface area (Å²) in [7, 11) is 2.09. The minimum atomic E-state index is -0.244. The summed E-state index contributed by atoms with van der Waals surface area (Å²) in [6.45, 7) is 5.90. The van der Waals surface area contributed by atoms with Crippen LogP contribution in [-0.2, 0) is 0 Å². The molecule has 0 aromatic carbocycles. The van der Waals surface area contributed by atoms with Crippen LogP contribution in [0.1, 0.15) is 46.0 Å². The summed E-state index contributed by atoms with van der Waals surface area (Å²) in [4.78, 5) is 2.23.